The summed E-state index contributed by atoms with van der Waals surface area (Å²) in [6.45, 7) is 0. The molecule has 1 nitrogen and oxygen atoms in total. The van der Waals surface area contributed by atoms with Crippen LogP contribution in [0.1, 0.15) is 0 Å². The third kappa shape index (κ3) is 2.85. The van der Waals surface area contributed by atoms with Gasteiger partial charge in [0, 0.05) is 16.5 Å². The van der Waals surface area contributed by atoms with E-state index in [0.717, 1.165) is 0 Å². The monoisotopic (exact) mass is 493 g/mol. The van der Waals surface area contributed by atoms with Crippen molar-refractivity contribution < 1.29 is 0 Å². The van der Waals surface area contributed by atoms with Crippen molar-refractivity contribution in [3.05, 3.63) is 140 Å². The topological polar surface area (TPSA) is 4.93 Å². The summed E-state index contributed by atoms with van der Waals surface area (Å²) in [4.78, 5) is 0. The lowest BCUT2D eigenvalue weighted by Crippen LogP contribution is -1.94. The lowest BCUT2D eigenvalue weighted by Gasteiger charge is -2.12. The third-order valence-electron chi connectivity index (χ3n) is 8.50. The molecule has 0 bridgehead atoms. The van der Waals surface area contributed by atoms with E-state index >= 15 is 0 Å². The van der Waals surface area contributed by atoms with E-state index in [1.165, 1.54) is 82.4 Å². The fourth-order valence-corrected chi connectivity index (χ4v) is 6.81. The van der Waals surface area contributed by atoms with E-state index in [4.69, 9.17) is 0 Å². The first-order chi connectivity index (χ1) is 19.3. The minimum atomic E-state index is 1.18. The summed E-state index contributed by atoms with van der Waals surface area (Å²) in [5.74, 6) is 0. The molecule has 0 spiro atoms. The van der Waals surface area contributed by atoms with Crippen molar-refractivity contribution >= 4 is 43.4 Å². The number of aromatic nitrogens is 1. The Kier molecular flexibility index (Phi) is 4.11. The molecule has 1 aliphatic rings. The van der Waals surface area contributed by atoms with E-state index in [9.17, 15) is 0 Å². The molecule has 1 aliphatic carbocycles. The normalized spacial score (nSPS) is 12.1. The highest BCUT2D eigenvalue weighted by molar-refractivity contribution is 6.23. The van der Waals surface area contributed by atoms with Crippen molar-refractivity contribution in [3.8, 4) is 39.1 Å². The van der Waals surface area contributed by atoms with Crippen LogP contribution in [0.2, 0.25) is 0 Å². The summed E-state index contributed by atoms with van der Waals surface area (Å²) in [6, 6.07) is 51.2. The van der Waals surface area contributed by atoms with Crippen LogP contribution < -0.4 is 0 Å². The zero-order valence-corrected chi connectivity index (χ0v) is 21.2. The molecule has 8 aromatic rings. The zero-order valence-electron chi connectivity index (χ0n) is 21.2. The highest BCUT2D eigenvalue weighted by Gasteiger charge is 2.23. The van der Waals surface area contributed by atoms with Gasteiger partial charge in [0.2, 0.25) is 0 Å². The molecule has 0 amide bonds. The van der Waals surface area contributed by atoms with E-state index in [1.54, 1.807) is 0 Å². The van der Waals surface area contributed by atoms with Crippen LogP contribution in [0.4, 0.5) is 0 Å². The van der Waals surface area contributed by atoms with Crippen LogP contribution in [0, 0.1) is 0 Å². The molecular weight excluding hydrogens is 470 g/mol. The van der Waals surface area contributed by atoms with Gasteiger partial charge in [-0.1, -0.05) is 103 Å². The molecule has 1 heteroatoms. The first-order valence-corrected chi connectivity index (χ1v) is 13.5. The van der Waals surface area contributed by atoms with Crippen LogP contribution in [-0.2, 0) is 0 Å². The molecule has 0 unspecified atom stereocenters. The Morgan fingerprint density at radius 3 is 1.85 bits per heavy atom. The Morgan fingerprint density at radius 2 is 1.03 bits per heavy atom. The summed E-state index contributed by atoms with van der Waals surface area (Å²) in [5.41, 5.74) is 11.5. The van der Waals surface area contributed by atoms with Gasteiger partial charge in [0.25, 0.3) is 0 Å². The Hall–Kier alpha value is -5.14. The number of para-hydroxylation sites is 2. The summed E-state index contributed by atoms with van der Waals surface area (Å²) in [7, 11) is 0. The summed E-state index contributed by atoms with van der Waals surface area (Å²) in [6.07, 6.45) is 0. The van der Waals surface area contributed by atoms with Gasteiger partial charge in [-0.2, -0.15) is 0 Å². The van der Waals surface area contributed by atoms with Crippen molar-refractivity contribution in [1.29, 1.82) is 0 Å². The minimum Gasteiger partial charge on any atom is -0.309 e. The largest absolute Gasteiger partial charge is 0.309 e. The Labute approximate surface area is 226 Å². The molecule has 1 aromatic heterocycles. The van der Waals surface area contributed by atoms with Crippen molar-refractivity contribution in [2.45, 2.75) is 0 Å². The lowest BCUT2D eigenvalue weighted by molar-refractivity contribution is 1.18. The Balaban J connectivity index is 1.25. The molecule has 0 fully saturated rings. The second-order valence-electron chi connectivity index (χ2n) is 10.6. The smallest absolute Gasteiger partial charge is 0.0541 e. The van der Waals surface area contributed by atoms with Gasteiger partial charge in [0.15, 0.2) is 0 Å². The van der Waals surface area contributed by atoms with E-state index < -0.39 is 0 Å². The minimum absolute atomic E-state index is 1.18. The van der Waals surface area contributed by atoms with Crippen LogP contribution in [0.5, 0.6) is 0 Å². The van der Waals surface area contributed by atoms with E-state index in [2.05, 4.69) is 144 Å². The van der Waals surface area contributed by atoms with Gasteiger partial charge in [-0.25, -0.2) is 0 Å². The number of benzene rings is 7. The average molecular weight is 494 g/mol. The first kappa shape index (κ1) is 20.9. The molecule has 0 N–H and O–H groups in total. The van der Waals surface area contributed by atoms with Gasteiger partial charge in [0.1, 0.15) is 0 Å². The second-order valence-corrected chi connectivity index (χ2v) is 10.6. The van der Waals surface area contributed by atoms with Crippen LogP contribution in [0.3, 0.4) is 0 Å². The highest BCUT2D eigenvalue weighted by atomic mass is 15.0. The predicted octanol–water partition coefficient (Wildman–Crippen LogP) is 10.4. The van der Waals surface area contributed by atoms with Gasteiger partial charge in [-0.3, -0.25) is 0 Å². The van der Waals surface area contributed by atoms with Crippen LogP contribution in [-0.4, -0.2) is 4.57 Å². The van der Waals surface area contributed by atoms with Gasteiger partial charge in [0.05, 0.1) is 11.0 Å². The number of nitrogens with zero attached hydrogens (tertiary/aromatic N) is 1. The van der Waals surface area contributed by atoms with Crippen LogP contribution >= 0.6 is 0 Å². The first-order valence-electron chi connectivity index (χ1n) is 13.5. The third-order valence-corrected chi connectivity index (χ3v) is 8.50. The number of fused-ring (bicyclic) bond motifs is 8. The second kappa shape index (κ2) is 7.69. The molecule has 1 heterocycles. The number of hydrogen-bond acceptors (Lipinski definition) is 0. The average Bonchev–Trinajstić information content (AvgIpc) is 3.51. The molecule has 0 saturated heterocycles. The van der Waals surface area contributed by atoms with Crippen LogP contribution in [0.15, 0.2) is 140 Å². The van der Waals surface area contributed by atoms with Crippen molar-refractivity contribution in [3.63, 3.8) is 0 Å². The van der Waals surface area contributed by atoms with Gasteiger partial charge in [-0.05, 0) is 91.3 Å². The van der Waals surface area contributed by atoms with Crippen molar-refractivity contribution in [2.75, 3.05) is 0 Å². The molecule has 7 aromatic carbocycles. The van der Waals surface area contributed by atoms with Crippen molar-refractivity contribution in [2.24, 2.45) is 0 Å². The van der Waals surface area contributed by atoms with Crippen LogP contribution in [0.25, 0.3) is 82.4 Å². The van der Waals surface area contributed by atoms with E-state index in [1.807, 2.05) is 0 Å². The molecule has 180 valence electrons. The Bertz CT molecular complexity index is 2230. The molecule has 0 aliphatic heterocycles. The SMILES string of the molecule is c1cc(-c2ccc3c(c2)-c2cc4ccccc4c4cccc-3c24)cc(-n2c3ccccc3c3ccccc32)c1. The molecule has 9 rings (SSSR count). The summed E-state index contributed by atoms with van der Waals surface area (Å²) < 4.78 is 2.39. The highest BCUT2D eigenvalue weighted by Crippen LogP contribution is 2.50. The Morgan fingerprint density at radius 1 is 0.359 bits per heavy atom. The molecule has 0 atom stereocenters. The van der Waals surface area contributed by atoms with Gasteiger partial charge < -0.3 is 4.57 Å². The molecular formula is C38H23N. The van der Waals surface area contributed by atoms with E-state index in [0.29, 0.717) is 0 Å². The number of hydrogen-bond donors (Lipinski definition) is 0. The van der Waals surface area contributed by atoms with Crippen molar-refractivity contribution in [1.82, 2.24) is 4.57 Å². The fraction of sp³-hybridized carbons (Fsp3) is 0. The summed E-state index contributed by atoms with van der Waals surface area (Å²) >= 11 is 0. The number of rotatable bonds is 2. The molecule has 0 saturated carbocycles. The lowest BCUT2D eigenvalue weighted by atomic mass is 9.95. The summed E-state index contributed by atoms with van der Waals surface area (Å²) in [5, 5.41) is 7.91. The molecule has 39 heavy (non-hydrogen) atoms. The maximum Gasteiger partial charge on any atom is 0.0541 e. The standard InChI is InChI=1S/C38H23N/c1-2-12-28-26(9-1)23-35-34-22-25(19-20-29(34)33-16-8-15-32(28)38(33)35)24-10-7-11-27(21-24)39-36-17-5-3-13-30(36)31-14-4-6-18-37(31)39/h1-23H. The fourth-order valence-electron chi connectivity index (χ4n) is 6.81. The quantitative estimate of drug-likeness (QED) is 0.211. The molecule has 0 radical (unpaired) electrons. The maximum atomic E-state index is 2.39. The predicted molar refractivity (Wildman–Crippen MR) is 166 cm³/mol. The zero-order chi connectivity index (χ0) is 25.5. The maximum absolute atomic E-state index is 2.39. The van der Waals surface area contributed by atoms with Gasteiger partial charge >= 0.3 is 0 Å². The van der Waals surface area contributed by atoms with E-state index in [-0.39, 0.29) is 0 Å². The van der Waals surface area contributed by atoms with Gasteiger partial charge in [-0.15, -0.1) is 0 Å².